The fourth-order valence-electron chi connectivity index (χ4n) is 1.89. The van der Waals surface area contributed by atoms with E-state index in [0.717, 1.165) is 12.0 Å². The second-order valence-electron chi connectivity index (χ2n) is 5.59. The highest BCUT2D eigenvalue weighted by molar-refractivity contribution is 5.84. The fourth-order valence-corrected chi connectivity index (χ4v) is 1.89. The van der Waals surface area contributed by atoms with Crippen molar-refractivity contribution in [1.29, 1.82) is 0 Å². The van der Waals surface area contributed by atoms with Gasteiger partial charge in [-0.2, -0.15) is 0 Å². The molecule has 0 radical (unpaired) electrons. The molecule has 6 nitrogen and oxygen atoms in total. The third-order valence-corrected chi connectivity index (χ3v) is 2.94. The summed E-state index contributed by atoms with van der Waals surface area (Å²) in [4.78, 5) is 28.9. The topological polar surface area (TPSA) is 74.3 Å². The van der Waals surface area contributed by atoms with Crippen LogP contribution in [0.25, 0.3) is 0 Å². The molecular formula is C15H24N4O2. The van der Waals surface area contributed by atoms with Gasteiger partial charge in [0.2, 0.25) is 5.91 Å². The molecule has 1 rings (SSSR count). The number of carbonyl (C=O) groups excluding carboxylic acids is 2. The standard InChI is InChI=1S/C15H24N4O2/c1-11(2)8-13(12-6-5-7-16-9-12)18-14(20)10-17-15(21)19(3)4/h5-7,9,11,13H,8,10H2,1-4H3,(H,17,21)(H,18,20)/t13-/m1/s1. The minimum atomic E-state index is -0.285. The SMILES string of the molecule is CC(C)C[C@@H](NC(=O)CNC(=O)N(C)C)c1cccnc1. The summed E-state index contributed by atoms with van der Waals surface area (Å²) in [6.07, 6.45) is 4.28. The Morgan fingerprint density at radius 3 is 2.57 bits per heavy atom. The predicted octanol–water partition coefficient (Wildman–Crippen LogP) is 1.56. The summed E-state index contributed by atoms with van der Waals surface area (Å²) in [5, 5.41) is 5.50. The highest BCUT2D eigenvalue weighted by atomic mass is 16.2. The van der Waals surface area contributed by atoms with Crippen LogP contribution in [0.1, 0.15) is 31.9 Å². The van der Waals surface area contributed by atoms with Crippen LogP contribution in [-0.2, 0) is 4.79 Å². The molecule has 0 aromatic carbocycles. The van der Waals surface area contributed by atoms with E-state index in [4.69, 9.17) is 0 Å². The zero-order valence-electron chi connectivity index (χ0n) is 13.1. The maximum Gasteiger partial charge on any atom is 0.317 e. The van der Waals surface area contributed by atoms with Crippen LogP contribution in [0.3, 0.4) is 0 Å². The molecule has 1 heterocycles. The molecule has 0 spiro atoms. The van der Waals surface area contributed by atoms with E-state index < -0.39 is 0 Å². The van der Waals surface area contributed by atoms with E-state index in [-0.39, 0.29) is 24.5 Å². The van der Waals surface area contributed by atoms with Gasteiger partial charge in [-0.05, 0) is 24.0 Å². The van der Waals surface area contributed by atoms with Gasteiger partial charge in [0.25, 0.3) is 0 Å². The molecule has 6 heteroatoms. The van der Waals surface area contributed by atoms with Gasteiger partial charge in [-0.1, -0.05) is 19.9 Å². The number of hydrogen-bond acceptors (Lipinski definition) is 3. The Kier molecular flexibility index (Phi) is 6.65. The van der Waals surface area contributed by atoms with Crippen molar-refractivity contribution < 1.29 is 9.59 Å². The van der Waals surface area contributed by atoms with Crippen molar-refractivity contribution >= 4 is 11.9 Å². The van der Waals surface area contributed by atoms with E-state index in [9.17, 15) is 9.59 Å². The molecular weight excluding hydrogens is 268 g/mol. The first-order valence-electron chi connectivity index (χ1n) is 7.04. The maximum atomic E-state index is 12.0. The van der Waals surface area contributed by atoms with Gasteiger partial charge < -0.3 is 15.5 Å². The Balaban J connectivity index is 2.61. The normalized spacial score (nSPS) is 11.9. The van der Waals surface area contributed by atoms with E-state index in [0.29, 0.717) is 5.92 Å². The summed E-state index contributed by atoms with van der Waals surface area (Å²) in [7, 11) is 3.26. The molecule has 0 saturated carbocycles. The smallest absolute Gasteiger partial charge is 0.317 e. The Bertz CT molecular complexity index is 460. The number of nitrogens with zero attached hydrogens (tertiary/aromatic N) is 2. The Hall–Kier alpha value is -2.11. The number of hydrogen-bond donors (Lipinski definition) is 2. The van der Waals surface area contributed by atoms with Crippen molar-refractivity contribution in [2.75, 3.05) is 20.6 Å². The summed E-state index contributed by atoms with van der Waals surface area (Å²) in [5.41, 5.74) is 0.971. The number of nitrogens with one attached hydrogen (secondary N) is 2. The molecule has 0 aliphatic rings. The molecule has 0 fully saturated rings. The minimum absolute atomic E-state index is 0.0358. The Labute approximate surface area is 125 Å². The molecule has 3 amide bonds. The number of rotatable bonds is 6. The van der Waals surface area contributed by atoms with Gasteiger partial charge >= 0.3 is 6.03 Å². The lowest BCUT2D eigenvalue weighted by atomic mass is 9.98. The average molecular weight is 292 g/mol. The van der Waals surface area contributed by atoms with Crippen LogP contribution in [0.15, 0.2) is 24.5 Å². The van der Waals surface area contributed by atoms with Crippen LogP contribution in [0.2, 0.25) is 0 Å². The second kappa shape index (κ2) is 8.24. The number of urea groups is 1. The van der Waals surface area contributed by atoms with E-state index in [1.165, 1.54) is 4.90 Å². The molecule has 0 aliphatic heterocycles. The van der Waals surface area contributed by atoms with Crippen LogP contribution in [0.4, 0.5) is 4.79 Å². The van der Waals surface area contributed by atoms with Crippen LogP contribution < -0.4 is 10.6 Å². The summed E-state index contributed by atoms with van der Waals surface area (Å²) >= 11 is 0. The average Bonchev–Trinajstić information content (AvgIpc) is 2.44. The highest BCUT2D eigenvalue weighted by Crippen LogP contribution is 2.20. The number of aromatic nitrogens is 1. The number of amides is 3. The third-order valence-electron chi connectivity index (χ3n) is 2.94. The summed E-state index contributed by atoms with van der Waals surface area (Å²) in [6.45, 7) is 4.17. The van der Waals surface area contributed by atoms with Crippen molar-refractivity contribution in [3.8, 4) is 0 Å². The molecule has 1 aromatic heterocycles. The Morgan fingerprint density at radius 1 is 1.33 bits per heavy atom. The lowest BCUT2D eigenvalue weighted by molar-refractivity contribution is -0.121. The molecule has 0 saturated heterocycles. The summed E-state index contributed by atoms with van der Waals surface area (Å²) in [5.74, 6) is 0.228. The summed E-state index contributed by atoms with van der Waals surface area (Å²) < 4.78 is 0. The van der Waals surface area contributed by atoms with Crippen LogP contribution in [-0.4, -0.2) is 42.5 Å². The first-order valence-corrected chi connectivity index (χ1v) is 7.04. The van der Waals surface area contributed by atoms with E-state index in [1.54, 1.807) is 26.5 Å². The molecule has 116 valence electrons. The van der Waals surface area contributed by atoms with Crippen LogP contribution in [0, 0.1) is 5.92 Å². The van der Waals surface area contributed by atoms with Gasteiger partial charge in [0, 0.05) is 26.5 Å². The molecule has 0 unspecified atom stereocenters. The number of carbonyl (C=O) groups is 2. The number of pyridine rings is 1. The zero-order valence-corrected chi connectivity index (χ0v) is 13.1. The van der Waals surface area contributed by atoms with Crippen molar-refractivity contribution in [3.05, 3.63) is 30.1 Å². The zero-order chi connectivity index (χ0) is 15.8. The maximum absolute atomic E-state index is 12.0. The first kappa shape index (κ1) is 16.9. The minimum Gasteiger partial charge on any atom is -0.348 e. The second-order valence-corrected chi connectivity index (χ2v) is 5.59. The molecule has 2 N–H and O–H groups in total. The molecule has 0 aliphatic carbocycles. The van der Waals surface area contributed by atoms with Crippen LogP contribution in [0.5, 0.6) is 0 Å². The van der Waals surface area contributed by atoms with Crippen molar-refractivity contribution in [3.63, 3.8) is 0 Å². The fraction of sp³-hybridized carbons (Fsp3) is 0.533. The predicted molar refractivity (Wildman–Crippen MR) is 81.7 cm³/mol. The largest absolute Gasteiger partial charge is 0.348 e. The van der Waals surface area contributed by atoms with Crippen molar-refractivity contribution in [1.82, 2.24) is 20.5 Å². The lowest BCUT2D eigenvalue weighted by Crippen LogP contribution is -2.42. The monoisotopic (exact) mass is 292 g/mol. The van der Waals surface area contributed by atoms with Gasteiger partial charge in [0.15, 0.2) is 0 Å². The van der Waals surface area contributed by atoms with E-state index >= 15 is 0 Å². The van der Waals surface area contributed by atoms with E-state index in [2.05, 4.69) is 29.5 Å². The molecule has 21 heavy (non-hydrogen) atoms. The Morgan fingerprint density at radius 2 is 2.05 bits per heavy atom. The van der Waals surface area contributed by atoms with Gasteiger partial charge in [-0.3, -0.25) is 9.78 Å². The van der Waals surface area contributed by atoms with Gasteiger partial charge in [-0.15, -0.1) is 0 Å². The molecule has 0 bridgehead atoms. The van der Waals surface area contributed by atoms with Gasteiger partial charge in [-0.25, -0.2) is 4.79 Å². The summed E-state index contributed by atoms with van der Waals surface area (Å²) in [6, 6.07) is 3.41. The molecule has 1 atom stereocenters. The lowest BCUT2D eigenvalue weighted by Gasteiger charge is -2.21. The van der Waals surface area contributed by atoms with Gasteiger partial charge in [0.1, 0.15) is 0 Å². The van der Waals surface area contributed by atoms with Gasteiger partial charge in [0.05, 0.1) is 12.6 Å². The van der Waals surface area contributed by atoms with E-state index in [1.807, 2.05) is 12.1 Å². The highest BCUT2D eigenvalue weighted by Gasteiger charge is 2.16. The first-order chi connectivity index (χ1) is 9.90. The van der Waals surface area contributed by atoms with Crippen LogP contribution >= 0.6 is 0 Å². The quantitative estimate of drug-likeness (QED) is 0.835. The molecule has 1 aromatic rings. The van der Waals surface area contributed by atoms with Crippen molar-refractivity contribution in [2.24, 2.45) is 5.92 Å². The van der Waals surface area contributed by atoms with Crippen molar-refractivity contribution in [2.45, 2.75) is 26.3 Å². The third kappa shape index (κ3) is 6.25.